The number of hydrogen-bond donors (Lipinski definition) is 1. The van der Waals surface area contributed by atoms with Crippen molar-refractivity contribution in [3.8, 4) is 5.75 Å². The molecule has 108 valence electrons. The molecule has 0 aromatic heterocycles. The summed E-state index contributed by atoms with van der Waals surface area (Å²) in [4.78, 5) is 0. The van der Waals surface area contributed by atoms with Gasteiger partial charge in [-0.2, -0.15) is 0 Å². The number of nitrogens with one attached hydrogen (secondary N) is 1. The standard InChI is InChI=1S/C18H25NO/c1-3-19-14-8-4-5-9-15-12-13-18(20-2)17-11-7-6-10-16(15)17/h6-7,10-13,19H,3-5,8-9,14H2,1-2H3. The largest absolute Gasteiger partial charge is 0.496 e. The highest BCUT2D eigenvalue weighted by molar-refractivity contribution is 5.91. The number of ether oxygens (including phenoxy) is 1. The number of unbranched alkanes of at least 4 members (excludes halogenated alkanes) is 2. The number of fused-ring (bicyclic) bond motifs is 1. The minimum absolute atomic E-state index is 0.969. The molecule has 2 aromatic carbocycles. The van der Waals surface area contributed by atoms with Crippen molar-refractivity contribution in [3.63, 3.8) is 0 Å². The van der Waals surface area contributed by atoms with E-state index in [1.165, 1.54) is 35.6 Å². The Morgan fingerprint density at radius 1 is 0.950 bits per heavy atom. The Hall–Kier alpha value is -1.54. The summed E-state index contributed by atoms with van der Waals surface area (Å²) in [5.74, 6) is 0.969. The van der Waals surface area contributed by atoms with Gasteiger partial charge in [0.1, 0.15) is 5.75 Å². The molecule has 0 radical (unpaired) electrons. The summed E-state index contributed by atoms with van der Waals surface area (Å²) < 4.78 is 5.44. The second-order valence-corrected chi connectivity index (χ2v) is 5.14. The van der Waals surface area contributed by atoms with Crippen LogP contribution >= 0.6 is 0 Å². The molecule has 2 aromatic rings. The van der Waals surface area contributed by atoms with E-state index >= 15 is 0 Å². The van der Waals surface area contributed by atoms with Crippen LogP contribution in [0.3, 0.4) is 0 Å². The van der Waals surface area contributed by atoms with Gasteiger partial charge in [-0.05, 0) is 49.4 Å². The minimum Gasteiger partial charge on any atom is -0.496 e. The van der Waals surface area contributed by atoms with E-state index in [4.69, 9.17) is 4.74 Å². The number of aryl methyl sites for hydroxylation is 1. The van der Waals surface area contributed by atoms with E-state index in [2.05, 4.69) is 48.6 Å². The third-order valence-electron chi connectivity index (χ3n) is 3.74. The van der Waals surface area contributed by atoms with Crippen molar-refractivity contribution < 1.29 is 4.74 Å². The molecule has 2 rings (SSSR count). The Morgan fingerprint density at radius 3 is 2.50 bits per heavy atom. The smallest absolute Gasteiger partial charge is 0.126 e. The molecule has 0 amide bonds. The predicted octanol–water partition coefficient (Wildman–Crippen LogP) is 4.17. The summed E-state index contributed by atoms with van der Waals surface area (Å²) in [6.07, 6.45) is 4.95. The van der Waals surface area contributed by atoms with Crippen LogP contribution < -0.4 is 10.1 Å². The molecule has 0 unspecified atom stereocenters. The van der Waals surface area contributed by atoms with Gasteiger partial charge in [0.25, 0.3) is 0 Å². The van der Waals surface area contributed by atoms with Crippen molar-refractivity contribution in [3.05, 3.63) is 42.0 Å². The minimum atomic E-state index is 0.969. The van der Waals surface area contributed by atoms with Gasteiger partial charge in [0.2, 0.25) is 0 Å². The van der Waals surface area contributed by atoms with Crippen LogP contribution in [0.1, 0.15) is 31.7 Å². The average Bonchev–Trinajstić information content (AvgIpc) is 2.50. The molecular weight excluding hydrogens is 246 g/mol. The summed E-state index contributed by atoms with van der Waals surface area (Å²) in [5.41, 5.74) is 1.44. The van der Waals surface area contributed by atoms with E-state index in [-0.39, 0.29) is 0 Å². The van der Waals surface area contributed by atoms with Gasteiger partial charge in [0, 0.05) is 5.39 Å². The van der Waals surface area contributed by atoms with Gasteiger partial charge in [-0.1, -0.05) is 43.7 Å². The van der Waals surface area contributed by atoms with Crippen LogP contribution in [0.4, 0.5) is 0 Å². The molecule has 2 heteroatoms. The number of benzene rings is 2. The number of rotatable bonds is 8. The van der Waals surface area contributed by atoms with Crippen LogP contribution in [0, 0.1) is 0 Å². The lowest BCUT2D eigenvalue weighted by Crippen LogP contribution is -2.13. The summed E-state index contributed by atoms with van der Waals surface area (Å²) in [6, 6.07) is 12.8. The summed E-state index contributed by atoms with van der Waals surface area (Å²) in [6.45, 7) is 4.37. The fraction of sp³-hybridized carbons (Fsp3) is 0.444. The number of methoxy groups -OCH3 is 1. The van der Waals surface area contributed by atoms with Crippen LogP contribution in [0.25, 0.3) is 10.8 Å². The Bertz CT molecular complexity index is 536. The molecule has 0 aliphatic rings. The van der Waals surface area contributed by atoms with E-state index < -0.39 is 0 Å². The molecular formula is C18H25NO. The number of hydrogen-bond acceptors (Lipinski definition) is 2. The SMILES string of the molecule is CCNCCCCCc1ccc(OC)c2ccccc12. The molecule has 0 aliphatic carbocycles. The van der Waals surface area contributed by atoms with Crippen molar-refractivity contribution in [2.24, 2.45) is 0 Å². The zero-order valence-corrected chi connectivity index (χ0v) is 12.6. The zero-order valence-electron chi connectivity index (χ0n) is 12.6. The Balaban J connectivity index is 2.00. The van der Waals surface area contributed by atoms with Crippen LogP contribution in [0.5, 0.6) is 5.75 Å². The molecule has 0 aliphatic heterocycles. The van der Waals surface area contributed by atoms with E-state index in [9.17, 15) is 0 Å². The molecule has 0 bridgehead atoms. The molecule has 2 nitrogen and oxygen atoms in total. The van der Waals surface area contributed by atoms with Crippen LogP contribution in [0.2, 0.25) is 0 Å². The lowest BCUT2D eigenvalue weighted by atomic mass is 9.99. The van der Waals surface area contributed by atoms with Gasteiger partial charge in [-0.25, -0.2) is 0 Å². The lowest BCUT2D eigenvalue weighted by Gasteiger charge is -2.10. The molecule has 0 atom stereocenters. The quantitative estimate of drug-likeness (QED) is 0.728. The highest BCUT2D eigenvalue weighted by Crippen LogP contribution is 2.29. The summed E-state index contributed by atoms with van der Waals surface area (Å²) >= 11 is 0. The Morgan fingerprint density at radius 2 is 1.75 bits per heavy atom. The first-order valence-electron chi connectivity index (χ1n) is 7.62. The van der Waals surface area contributed by atoms with Gasteiger partial charge in [0.15, 0.2) is 0 Å². The summed E-state index contributed by atoms with van der Waals surface area (Å²) in [5, 5.41) is 5.93. The molecule has 0 spiro atoms. The fourth-order valence-corrected chi connectivity index (χ4v) is 2.65. The van der Waals surface area contributed by atoms with Crippen molar-refractivity contribution in [2.75, 3.05) is 20.2 Å². The highest BCUT2D eigenvalue weighted by Gasteiger charge is 2.05. The second-order valence-electron chi connectivity index (χ2n) is 5.14. The lowest BCUT2D eigenvalue weighted by molar-refractivity contribution is 0.419. The van der Waals surface area contributed by atoms with Gasteiger partial charge >= 0.3 is 0 Å². The Kier molecular flexibility index (Phi) is 5.87. The van der Waals surface area contributed by atoms with E-state index in [1.54, 1.807) is 7.11 Å². The van der Waals surface area contributed by atoms with Crippen LogP contribution in [-0.4, -0.2) is 20.2 Å². The maximum absolute atomic E-state index is 5.44. The predicted molar refractivity (Wildman–Crippen MR) is 86.6 cm³/mol. The van der Waals surface area contributed by atoms with E-state index in [0.29, 0.717) is 0 Å². The highest BCUT2D eigenvalue weighted by atomic mass is 16.5. The molecule has 0 saturated carbocycles. The van der Waals surface area contributed by atoms with E-state index in [0.717, 1.165) is 25.3 Å². The van der Waals surface area contributed by atoms with Gasteiger partial charge < -0.3 is 10.1 Å². The monoisotopic (exact) mass is 271 g/mol. The molecule has 0 saturated heterocycles. The normalized spacial score (nSPS) is 10.9. The molecule has 0 heterocycles. The maximum Gasteiger partial charge on any atom is 0.126 e. The zero-order chi connectivity index (χ0) is 14.2. The Labute approximate surface area is 122 Å². The molecule has 20 heavy (non-hydrogen) atoms. The van der Waals surface area contributed by atoms with Crippen molar-refractivity contribution in [2.45, 2.75) is 32.6 Å². The fourth-order valence-electron chi connectivity index (χ4n) is 2.65. The van der Waals surface area contributed by atoms with Crippen LogP contribution in [0.15, 0.2) is 36.4 Å². The van der Waals surface area contributed by atoms with Crippen molar-refractivity contribution in [1.82, 2.24) is 5.32 Å². The second kappa shape index (κ2) is 7.91. The van der Waals surface area contributed by atoms with Crippen molar-refractivity contribution >= 4 is 10.8 Å². The molecule has 0 fully saturated rings. The third kappa shape index (κ3) is 3.73. The van der Waals surface area contributed by atoms with Gasteiger partial charge in [-0.3, -0.25) is 0 Å². The maximum atomic E-state index is 5.44. The molecule has 1 N–H and O–H groups in total. The van der Waals surface area contributed by atoms with Gasteiger partial charge in [0.05, 0.1) is 7.11 Å². The first-order valence-corrected chi connectivity index (χ1v) is 7.62. The summed E-state index contributed by atoms with van der Waals surface area (Å²) in [7, 11) is 1.74. The first-order chi connectivity index (χ1) is 9.86. The van der Waals surface area contributed by atoms with Gasteiger partial charge in [-0.15, -0.1) is 0 Å². The average molecular weight is 271 g/mol. The third-order valence-corrected chi connectivity index (χ3v) is 3.74. The van der Waals surface area contributed by atoms with E-state index in [1.807, 2.05) is 0 Å². The topological polar surface area (TPSA) is 21.3 Å². The van der Waals surface area contributed by atoms with Crippen LogP contribution in [-0.2, 0) is 6.42 Å². The first kappa shape index (κ1) is 14.9. The van der Waals surface area contributed by atoms with Crippen molar-refractivity contribution in [1.29, 1.82) is 0 Å².